The SMILES string of the molecule is O=C(O)Cc1cc(O)c(Cl)cc1Cl. The van der Waals surface area contributed by atoms with E-state index in [4.69, 9.17) is 33.4 Å². The second kappa shape index (κ2) is 3.85. The number of halogens is 2. The van der Waals surface area contributed by atoms with Gasteiger partial charge in [-0.2, -0.15) is 0 Å². The zero-order valence-corrected chi connectivity index (χ0v) is 7.93. The van der Waals surface area contributed by atoms with E-state index in [1.165, 1.54) is 12.1 Å². The van der Waals surface area contributed by atoms with E-state index in [9.17, 15) is 4.79 Å². The number of aliphatic carboxylic acids is 1. The van der Waals surface area contributed by atoms with Crippen LogP contribution in [0, 0.1) is 0 Å². The van der Waals surface area contributed by atoms with Gasteiger partial charge in [0.1, 0.15) is 5.75 Å². The van der Waals surface area contributed by atoms with Crippen molar-refractivity contribution in [1.82, 2.24) is 0 Å². The molecule has 3 nitrogen and oxygen atoms in total. The van der Waals surface area contributed by atoms with E-state index < -0.39 is 5.97 Å². The summed E-state index contributed by atoms with van der Waals surface area (Å²) in [5.74, 6) is -1.18. The predicted molar refractivity (Wildman–Crippen MR) is 49.5 cm³/mol. The summed E-state index contributed by atoms with van der Waals surface area (Å²) in [6.45, 7) is 0. The summed E-state index contributed by atoms with van der Waals surface area (Å²) in [5.41, 5.74) is 0.344. The Morgan fingerprint density at radius 2 is 1.92 bits per heavy atom. The van der Waals surface area contributed by atoms with Crippen molar-refractivity contribution in [3.8, 4) is 5.75 Å². The van der Waals surface area contributed by atoms with Crippen molar-refractivity contribution in [2.24, 2.45) is 0 Å². The molecule has 0 saturated heterocycles. The van der Waals surface area contributed by atoms with Crippen molar-refractivity contribution in [2.45, 2.75) is 6.42 Å². The summed E-state index contributed by atoms with van der Waals surface area (Å²) in [5, 5.41) is 18.0. The lowest BCUT2D eigenvalue weighted by Crippen LogP contribution is -2.00. The van der Waals surface area contributed by atoms with Crippen molar-refractivity contribution < 1.29 is 15.0 Å². The number of hydrogen-bond donors (Lipinski definition) is 2. The average molecular weight is 221 g/mol. The fourth-order valence-electron chi connectivity index (χ4n) is 0.879. The van der Waals surface area contributed by atoms with Crippen LogP contribution in [0.2, 0.25) is 10.0 Å². The van der Waals surface area contributed by atoms with Crippen LogP contribution in [0.25, 0.3) is 0 Å². The number of carboxylic acid groups (broad SMARTS) is 1. The Balaban J connectivity index is 3.08. The lowest BCUT2D eigenvalue weighted by molar-refractivity contribution is -0.136. The van der Waals surface area contributed by atoms with Gasteiger partial charge in [-0.3, -0.25) is 4.79 Å². The number of phenolic OH excluding ortho intramolecular Hbond substituents is 1. The summed E-state index contributed by atoms with van der Waals surface area (Å²) in [4.78, 5) is 10.3. The summed E-state index contributed by atoms with van der Waals surface area (Å²) in [6, 6.07) is 2.56. The first-order valence-corrected chi connectivity index (χ1v) is 4.15. The molecule has 0 radical (unpaired) electrons. The Labute approximate surface area is 84.5 Å². The molecule has 70 valence electrons. The molecule has 0 aromatic heterocycles. The fraction of sp³-hybridized carbons (Fsp3) is 0.125. The van der Waals surface area contributed by atoms with Gasteiger partial charge < -0.3 is 10.2 Å². The number of carboxylic acids is 1. The molecule has 0 unspecified atom stereocenters. The van der Waals surface area contributed by atoms with E-state index in [1.54, 1.807) is 0 Å². The molecule has 0 amide bonds. The second-order valence-corrected chi connectivity index (χ2v) is 3.28. The molecule has 0 spiro atoms. The lowest BCUT2D eigenvalue weighted by Gasteiger charge is -2.03. The van der Waals surface area contributed by atoms with Gasteiger partial charge >= 0.3 is 5.97 Å². The van der Waals surface area contributed by atoms with Gasteiger partial charge in [0.25, 0.3) is 0 Å². The van der Waals surface area contributed by atoms with Crippen molar-refractivity contribution in [2.75, 3.05) is 0 Å². The largest absolute Gasteiger partial charge is 0.506 e. The molecule has 13 heavy (non-hydrogen) atoms. The van der Waals surface area contributed by atoms with Gasteiger partial charge in [-0.1, -0.05) is 23.2 Å². The van der Waals surface area contributed by atoms with Crippen LogP contribution < -0.4 is 0 Å². The molecule has 0 heterocycles. The molecular weight excluding hydrogens is 215 g/mol. The van der Waals surface area contributed by atoms with Gasteiger partial charge in [-0.05, 0) is 17.7 Å². The highest BCUT2D eigenvalue weighted by molar-refractivity contribution is 6.36. The summed E-state index contributed by atoms with van der Waals surface area (Å²) in [6.07, 6.45) is -0.233. The predicted octanol–water partition coefficient (Wildman–Crippen LogP) is 2.33. The van der Waals surface area contributed by atoms with Crippen LogP contribution in [0.3, 0.4) is 0 Å². The highest BCUT2D eigenvalue weighted by Crippen LogP contribution is 2.30. The third-order valence-corrected chi connectivity index (χ3v) is 2.11. The van der Waals surface area contributed by atoms with Crippen LogP contribution in [-0.4, -0.2) is 16.2 Å². The van der Waals surface area contributed by atoms with E-state index in [1.807, 2.05) is 0 Å². The highest BCUT2D eigenvalue weighted by Gasteiger charge is 2.09. The molecule has 1 aromatic rings. The third-order valence-electron chi connectivity index (χ3n) is 1.46. The van der Waals surface area contributed by atoms with E-state index >= 15 is 0 Å². The first-order chi connectivity index (χ1) is 6.00. The lowest BCUT2D eigenvalue weighted by atomic mass is 10.1. The summed E-state index contributed by atoms with van der Waals surface area (Å²) < 4.78 is 0. The topological polar surface area (TPSA) is 57.5 Å². The minimum Gasteiger partial charge on any atom is -0.506 e. The molecule has 5 heteroatoms. The molecule has 0 atom stereocenters. The number of benzene rings is 1. The molecule has 0 aliphatic rings. The Bertz CT molecular complexity index is 349. The number of phenols is 1. The molecule has 0 fully saturated rings. The Morgan fingerprint density at radius 1 is 1.31 bits per heavy atom. The molecule has 0 aliphatic heterocycles. The highest BCUT2D eigenvalue weighted by atomic mass is 35.5. The fourth-order valence-corrected chi connectivity index (χ4v) is 1.33. The smallest absolute Gasteiger partial charge is 0.307 e. The van der Waals surface area contributed by atoms with Crippen LogP contribution >= 0.6 is 23.2 Å². The zero-order valence-electron chi connectivity index (χ0n) is 6.42. The van der Waals surface area contributed by atoms with E-state index in [0.29, 0.717) is 5.56 Å². The number of rotatable bonds is 2. The van der Waals surface area contributed by atoms with Gasteiger partial charge in [0, 0.05) is 5.02 Å². The van der Waals surface area contributed by atoms with Gasteiger partial charge in [-0.25, -0.2) is 0 Å². The van der Waals surface area contributed by atoms with Crippen LogP contribution in [0.1, 0.15) is 5.56 Å². The maximum atomic E-state index is 10.3. The van der Waals surface area contributed by atoms with E-state index in [0.717, 1.165) is 0 Å². The monoisotopic (exact) mass is 220 g/mol. The Morgan fingerprint density at radius 3 is 2.46 bits per heavy atom. The van der Waals surface area contributed by atoms with Gasteiger partial charge in [-0.15, -0.1) is 0 Å². The second-order valence-electron chi connectivity index (χ2n) is 2.47. The minimum absolute atomic E-state index is 0.110. The standard InChI is InChI=1S/C8H6Cl2O3/c9-5-3-6(10)7(11)1-4(5)2-8(12)13/h1,3,11H,2H2,(H,12,13). The molecular formula is C8H6Cl2O3. The quantitative estimate of drug-likeness (QED) is 0.805. The number of aromatic hydroxyl groups is 1. The summed E-state index contributed by atoms with van der Waals surface area (Å²) in [7, 11) is 0. The normalized spacial score (nSPS) is 10.0. The van der Waals surface area contributed by atoms with Crippen LogP contribution in [-0.2, 0) is 11.2 Å². The first-order valence-electron chi connectivity index (χ1n) is 3.39. The molecule has 0 saturated carbocycles. The zero-order chi connectivity index (χ0) is 10.0. The molecule has 0 bridgehead atoms. The maximum absolute atomic E-state index is 10.3. The van der Waals surface area contributed by atoms with Crippen LogP contribution in [0.5, 0.6) is 5.75 Å². The van der Waals surface area contributed by atoms with Gasteiger partial charge in [0.2, 0.25) is 0 Å². The maximum Gasteiger partial charge on any atom is 0.307 e. The number of hydrogen-bond acceptors (Lipinski definition) is 2. The van der Waals surface area contributed by atoms with Crippen molar-refractivity contribution in [3.63, 3.8) is 0 Å². The number of carbonyl (C=O) groups is 1. The third kappa shape index (κ3) is 2.50. The molecule has 1 rings (SSSR count). The average Bonchev–Trinajstić information content (AvgIpc) is 1.99. The summed E-state index contributed by atoms with van der Waals surface area (Å²) >= 11 is 11.2. The van der Waals surface area contributed by atoms with Crippen molar-refractivity contribution in [1.29, 1.82) is 0 Å². The van der Waals surface area contributed by atoms with Gasteiger partial charge in [0.05, 0.1) is 11.4 Å². The minimum atomic E-state index is -1.01. The Kier molecular flexibility index (Phi) is 3.01. The van der Waals surface area contributed by atoms with E-state index in [2.05, 4.69) is 0 Å². The van der Waals surface area contributed by atoms with Crippen LogP contribution in [0.15, 0.2) is 12.1 Å². The molecule has 2 N–H and O–H groups in total. The Hall–Kier alpha value is -0.930. The van der Waals surface area contributed by atoms with Gasteiger partial charge in [0.15, 0.2) is 0 Å². The van der Waals surface area contributed by atoms with Crippen LogP contribution in [0.4, 0.5) is 0 Å². The first kappa shape index (κ1) is 10.2. The molecule has 1 aromatic carbocycles. The van der Waals surface area contributed by atoms with Crippen molar-refractivity contribution in [3.05, 3.63) is 27.7 Å². The van der Waals surface area contributed by atoms with Crippen molar-refractivity contribution >= 4 is 29.2 Å². The molecule has 0 aliphatic carbocycles. The van der Waals surface area contributed by atoms with E-state index in [-0.39, 0.29) is 22.2 Å².